The van der Waals surface area contributed by atoms with E-state index >= 15 is 0 Å². The number of aromatic nitrogens is 3. The van der Waals surface area contributed by atoms with Crippen LogP contribution in [0.5, 0.6) is 5.88 Å². The maximum atomic E-state index is 14.2. The number of nitrogens with zero attached hydrogens (tertiary/aromatic N) is 4. The highest BCUT2D eigenvalue weighted by Crippen LogP contribution is 2.32. The van der Waals surface area contributed by atoms with Gasteiger partial charge in [-0.05, 0) is 48.7 Å². The van der Waals surface area contributed by atoms with Crippen molar-refractivity contribution in [1.29, 1.82) is 5.53 Å². The number of hydrogen-bond acceptors (Lipinski definition) is 9. The zero-order chi connectivity index (χ0) is 27.7. The molecule has 0 amide bonds. The maximum absolute atomic E-state index is 14.2. The summed E-state index contributed by atoms with van der Waals surface area (Å²) in [5.74, 6) is -2.21. The summed E-state index contributed by atoms with van der Waals surface area (Å²) in [5.41, 5.74) is 7.78. The fourth-order valence-electron chi connectivity index (χ4n) is 4.43. The first-order valence-electron chi connectivity index (χ1n) is 11.8. The van der Waals surface area contributed by atoms with Gasteiger partial charge in [0.2, 0.25) is 5.88 Å². The lowest BCUT2D eigenvalue weighted by atomic mass is 10.0. The quantitative estimate of drug-likeness (QED) is 0.317. The van der Waals surface area contributed by atoms with Gasteiger partial charge >= 0.3 is 0 Å². The van der Waals surface area contributed by atoms with Gasteiger partial charge in [0.05, 0.1) is 23.7 Å². The Kier molecular flexibility index (Phi) is 7.06. The molecule has 2 N–H and O–H groups in total. The van der Waals surface area contributed by atoms with Gasteiger partial charge in [-0.1, -0.05) is 6.07 Å². The average molecular weight is 557 g/mol. The summed E-state index contributed by atoms with van der Waals surface area (Å²) < 4.78 is 67.8. The third-order valence-corrected chi connectivity index (χ3v) is 7.71. The highest BCUT2D eigenvalue weighted by Gasteiger charge is 2.25. The van der Waals surface area contributed by atoms with Crippen LogP contribution in [-0.2, 0) is 14.8 Å². The average Bonchev–Trinajstić information content (AvgIpc) is 2.94. The molecule has 0 aliphatic carbocycles. The van der Waals surface area contributed by atoms with Gasteiger partial charge < -0.3 is 9.47 Å². The molecule has 11 nitrogen and oxygen atoms in total. The third-order valence-electron chi connectivity index (χ3n) is 6.35. The minimum absolute atomic E-state index is 0.00857. The third kappa shape index (κ3) is 5.07. The molecule has 14 heteroatoms. The molecule has 0 atom stereocenters. The molecule has 3 heterocycles. The number of pyridine rings is 1. The van der Waals surface area contributed by atoms with E-state index in [1.807, 2.05) is 0 Å². The zero-order valence-electron chi connectivity index (χ0n) is 20.5. The molecule has 0 unspecified atom stereocenters. The van der Waals surface area contributed by atoms with Crippen molar-refractivity contribution in [2.45, 2.75) is 23.8 Å². The van der Waals surface area contributed by atoms with Gasteiger partial charge in [0, 0.05) is 37.1 Å². The minimum atomic E-state index is -4.43. The van der Waals surface area contributed by atoms with Crippen LogP contribution in [0.3, 0.4) is 0 Å². The molecule has 0 bridgehead atoms. The van der Waals surface area contributed by atoms with E-state index in [4.69, 9.17) is 15.0 Å². The van der Waals surface area contributed by atoms with Gasteiger partial charge in [0.1, 0.15) is 16.5 Å². The Hall–Kier alpha value is -4.30. The molecule has 2 aromatic carbocycles. The number of benzene rings is 2. The Morgan fingerprint density at radius 3 is 2.59 bits per heavy atom. The lowest BCUT2D eigenvalue weighted by molar-refractivity contribution is 0.0690. The Labute approximate surface area is 221 Å². The van der Waals surface area contributed by atoms with Gasteiger partial charge in [0.25, 0.3) is 21.5 Å². The van der Waals surface area contributed by atoms with E-state index in [1.165, 1.54) is 23.9 Å². The molecule has 1 fully saturated rings. The van der Waals surface area contributed by atoms with Gasteiger partial charge in [-0.2, -0.15) is 0 Å². The number of methoxy groups -OCH3 is 1. The molecule has 2 aromatic heterocycles. The highest BCUT2D eigenvalue weighted by atomic mass is 32.2. The van der Waals surface area contributed by atoms with Crippen LogP contribution in [0.1, 0.15) is 18.9 Å². The van der Waals surface area contributed by atoms with Crippen LogP contribution in [0.25, 0.3) is 22.0 Å². The van der Waals surface area contributed by atoms with Crippen LogP contribution >= 0.6 is 0 Å². The second kappa shape index (κ2) is 10.5. The SMILES string of the molecule is COc1ncc(-c2ccc3nc(N=N)n(C4CCOCC4)c(=O)c3c2)cc1S(=O)(=O)Nc1ccc(F)cc1F. The topological polar surface area (TPSA) is 149 Å². The van der Waals surface area contributed by atoms with Crippen LogP contribution in [0.15, 0.2) is 63.5 Å². The Bertz CT molecular complexity index is 1760. The molecule has 0 radical (unpaired) electrons. The van der Waals surface area contributed by atoms with E-state index < -0.39 is 32.2 Å². The smallest absolute Gasteiger partial charge is 0.267 e. The summed E-state index contributed by atoms with van der Waals surface area (Å²) >= 11 is 0. The number of hydrogen-bond donors (Lipinski definition) is 2. The van der Waals surface area contributed by atoms with Crippen molar-refractivity contribution in [3.63, 3.8) is 0 Å². The summed E-state index contributed by atoms with van der Waals surface area (Å²) in [6.07, 6.45) is 2.51. The number of nitrogens with one attached hydrogen (secondary N) is 2. The largest absolute Gasteiger partial charge is 0.480 e. The lowest BCUT2D eigenvalue weighted by Gasteiger charge is -2.25. The summed E-state index contributed by atoms with van der Waals surface area (Å²) in [4.78, 5) is 21.6. The number of rotatable bonds is 7. The van der Waals surface area contributed by atoms with Crippen LogP contribution in [-0.4, -0.2) is 43.3 Å². The monoisotopic (exact) mass is 556 g/mol. The van der Waals surface area contributed by atoms with Crippen molar-refractivity contribution < 1.29 is 26.7 Å². The number of anilines is 1. The van der Waals surface area contributed by atoms with Crippen molar-refractivity contribution in [1.82, 2.24) is 14.5 Å². The van der Waals surface area contributed by atoms with Gasteiger partial charge in [-0.3, -0.25) is 14.1 Å². The van der Waals surface area contributed by atoms with Crippen molar-refractivity contribution in [3.05, 3.63) is 70.6 Å². The highest BCUT2D eigenvalue weighted by molar-refractivity contribution is 7.92. The summed E-state index contributed by atoms with van der Waals surface area (Å²) in [5, 5.41) is 3.70. The summed E-state index contributed by atoms with van der Waals surface area (Å²) in [6, 6.07) is 8.22. The zero-order valence-corrected chi connectivity index (χ0v) is 21.3. The van der Waals surface area contributed by atoms with Gasteiger partial charge in [-0.15, -0.1) is 5.11 Å². The second-order valence-corrected chi connectivity index (χ2v) is 10.4. The molecule has 1 saturated heterocycles. The molecule has 1 aliphatic rings. The minimum Gasteiger partial charge on any atom is -0.480 e. The van der Waals surface area contributed by atoms with Gasteiger partial charge in [-0.25, -0.2) is 32.7 Å². The molecular weight excluding hydrogens is 534 g/mol. The van der Waals surface area contributed by atoms with Crippen molar-refractivity contribution in [2.75, 3.05) is 25.0 Å². The first kappa shape index (κ1) is 26.3. The Balaban J connectivity index is 1.59. The first-order valence-corrected chi connectivity index (χ1v) is 13.2. The van der Waals surface area contributed by atoms with E-state index in [0.29, 0.717) is 48.8 Å². The van der Waals surface area contributed by atoms with E-state index in [-0.39, 0.29) is 28.8 Å². The van der Waals surface area contributed by atoms with E-state index in [0.717, 1.165) is 12.1 Å². The van der Waals surface area contributed by atoms with E-state index in [2.05, 4.69) is 19.8 Å². The normalized spacial score (nSPS) is 14.3. The molecule has 39 heavy (non-hydrogen) atoms. The van der Waals surface area contributed by atoms with Crippen molar-refractivity contribution >= 4 is 32.6 Å². The molecule has 5 rings (SSSR count). The number of halogens is 2. The summed E-state index contributed by atoms with van der Waals surface area (Å²) in [7, 11) is -3.20. The predicted octanol–water partition coefficient (Wildman–Crippen LogP) is 4.56. The number of sulfonamides is 1. The van der Waals surface area contributed by atoms with Crippen LogP contribution < -0.4 is 15.0 Å². The lowest BCUT2D eigenvalue weighted by Crippen LogP contribution is -2.30. The molecule has 0 saturated carbocycles. The van der Waals surface area contributed by atoms with Crippen LogP contribution in [0, 0.1) is 17.2 Å². The summed E-state index contributed by atoms with van der Waals surface area (Å²) in [6.45, 7) is 0.939. The number of ether oxygens (including phenoxy) is 2. The van der Waals surface area contributed by atoms with Gasteiger partial charge in [0.15, 0.2) is 0 Å². The van der Waals surface area contributed by atoms with Crippen molar-refractivity contribution in [3.8, 4) is 17.0 Å². The molecule has 1 aliphatic heterocycles. The fraction of sp³-hybridized carbons (Fsp3) is 0.240. The van der Waals surface area contributed by atoms with Crippen LogP contribution in [0.4, 0.5) is 20.4 Å². The first-order chi connectivity index (χ1) is 18.7. The molecule has 4 aromatic rings. The van der Waals surface area contributed by atoms with E-state index in [9.17, 15) is 22.0 Å². The standard InChI is InChI=1S/C25H22F2N6O5S/c1-37-23-22(39(35,36)32-21-5-3-16(26)12-19(21)27)11-15(13-29-23)14-2-4-20-18(10-14)24(34)33(25(30-20)31-28)17-6-8-38-9-7-17/h2-5,10-13,17,28,32H,6-9H2,1H3. The Morgan fingerprint density at radius 2 is 1.90 bits per heavy atom. The molecular formula is C25H22F2N6O5S. The predicted molar refractivity (Wildman–Crippen MR) is 137 cm³/mol. The van der Waals surface area contributed by atoms with E-state index in [1.54, 1.807) is 18.2 Å². The molecule has 202 valence electrons. The van der Waals surface area contributed by atoms with Crippen molar-refractivity contribution in [2.24, 2.45) is 5.11 Å². The Morgan fingerprint density at radius 1 is 1.13 bits per heavy atom. The van der Waals surface area contributed by atoms with Crippen LogP contribution in [0.2, 0.25) is 0 Å². The fourth-order valence-corrected chi connectivity index (χ4v) is 5.64. The maximum Gasteiger partial charge on any atom is 0.267 e. The number of fused-ring (bicyclic) bond motifs is 1. The second-order valence-electron chi connectivity index (χ2n) is 8.74. The molecule has 0 spiro atoms.